The molecule has 1 aromatic heterocycles. The van der Waals surface area contributed by atoms with Gasteiger partial charge in [0.25, 0.3) is 0 Å². The van der Waals surface area contributed by atoms with Gasteiger partial charge in [0.15, 0.2) is 6.04 Å². The van der Waals surface area contributed by atoms with Crippen molar-refractivity contribution in [1.29, 1.82) is 0 Å². The first-order valence-electron chi connectivity index (χ1n) is 9.81. The molecule has 5 atom stereocenters. The predicted octanol–water partition coefficient (Wildman–Crippen LogP) is -3.30. The third-order valence-electron chi connectivity index (χ3n) is 5.01. The summed E-state index contributed by atoms with van der Waals surface area (Å²) in [7, 11) is 0. The SMILES string of the molecule is CC(O)C(NC(=O)C(CO)NC(=O)C1CCCN1C(=O)C(N)Cc1cnc[nH]1)C(=O)O. The summed E-state index contributed by atoms with van der Waals surface area (Å²) in [5, 5.41) is 32.4. The number of aliphatic carboxylic acids is 1. The Hall–Kier alpha value is -3.03. The van der Waals surface area contributed by atoms with Gasteiger partial charge in [-0.15, -0.1) is 0 Å². The maximum absolute atomic E-state index is 12.7. The summed E-state index contributed by atoms with van der Waals surface area (Å²) < 4.78 is 0. The van der Waals surface area contributed by atoms with Crippen LogP contribution in [0.4, 0.5) is 0 Å². The molecule has 0 spiro atoms. The van der Waals surface area contributed by atoms with Gasteiger partial charge in [0.1, 0.15) is 12.1 Å². The molecule has 1 fully saturated rings. The highest BCUT2D eigenvalue weighted by Crippen LogP contribution is 2.19. The van der Waals surface area contributed by atoms with E-state index >= 15 is 0 Å². The summed E-state index contributed by atoms with van der Waals surface area (Å²) in [6.45, 7) is 0.691. The minimum atomic E-state index is -1.61. The largest absolute Gasteiger partial charge is 0.480 e. The molecule has 0 bridgehead atoms. The number of hydrogen-bond acceptors (Lipinski definition) is 8. The third-order valence-corrected chi connectivity index (χ3v) is 5.01. The molecule has 1 aliphatic rings. The van der Waals surface area contributed by atoms with Crippen molar-refractivity contribution in [2.45, 2.75) is 56.5 Å². The van der Waals surface area contributed by atoms with Crippen LogP contribution in [0.25, 0.3) is 0 Å². The molecule has 1 saturated heterocycles. The zero-order valence-corrected chi connectivity index (χ0v) is 17.0. The lowest BCUT2D eigenvalue weighted by atomic mass is 10.1. The molecule has 2 rings (SSSR count). The number of nitrogens with zero attached hydrogens (tertiary/aromatic N) is 2. The quantitative estimate of drug-likeness (QED) is 0.194. The Morgan fingerprint density at radius 1 is 1.35 bits per heavy atom. The molecule has 172 valence electrons. The van der Waals surface area contributed by atoms with E-state index in [9.17, 15) is 29.4 Å². The van der Waals surface area contributed by atoms with Crippen LogP contribution in [0.2, 0.25) is 0 Å². The van der Waals surface area contributed by atoms with Gasteiger partial charge in [0, 0.05) is 24.9 Å². The molecular formula is C18H28N6O7. The topological polar surface area (TPSA) is 211 Å². The number of likely N-dealkylation sites (tertiary alicyclic amines) is 1. The van der Waals surface area contributed by atoms with E-state index in [4.69, 9.17) is 10.8 Å². The molecule has 5 unspecified atom stereocenters. The molecule has 0 saturated carbocycles. The zero-order chi connectivity index (χ0) is 23.1. The van der Waals surface area contributed by atoms with E-state index in [1.807, 2.05) is 0 Å². The van der Waals surface area contributed by atoms with Crippen molar-refractivity contribution in [2.75, 3.05) is 13.2 Å². The lowest BCUT2D eigenvalue weighted by Gasteiger charge is -2.28. The number of carbonyl (C=O) groups is 4. The average molecular weight is 440 g/mol. The average Bonchev–Trinajstić information content (AvgIpc) is 3.40. The molecule has 31 heavy (non-hydrogen) atoms. The lowest BCUT2D eigenvalue weighted by molar-refractivity contribution is -0.145. The first kappa shape index (κ1) is 24.2. The summed E-state index contributed by atoms with van der Waals surface area (Å²) in [6, 6.07) is -4.84. The number of aromatic nitrogens is 2. The molecule has 13 heteroatoms. The molecule has 8 N–H and O–H groups in total. The van der Waals surface area contributed by atoms with Crippen molar-refractivity contribution in [3.8, 4) is 0 Å². The molecule has 1 aliphatic heterocycles. The number of nitrogens with two attached hydrogens (primary N) is 1. The number of aliphatic hydroxyl groups excluding tert-OH is 2. The fourth-order valence-corrected chi connectivity index (χ4v) is 3.34. The van der Waals surface area contributed by atoms with Gasteiger partial charge in [-0.2, -0.15) is 0 Å². The van der Waals surface area contributed by atoms with Gasteiger partial charge in [-0.1, -0.05) is 0 Å². The summed E-state index contributed by atoms with van der Waals surface area (Å²) in [6.07, 6.45) is 2.73. The Kier molecular flexibility index (Phi) is 8.47. The number of nitrogens with one attached hydrogen (secondary N) is 3. The lowest BCUT2D eigenvalue weighted by Crippen LogP contribution is -2.59. The Balaban J connectivity index is 2.00. The van der Waals surface area contributed by atoms with Crippen LogP contribution >= 0.6 is 0 Å². The van der Waals surface area contributed by atoms with E-state index in [1.54, 1.807) is 6.20 Å². The van der Waals surface area contributed by atoms with E-state index < -0.39 is 60.6 Å². The minimum Gasteiger partial charge on any atom is -0.480 e. The van der Waals surface area contributed by atoms with Gasteiger partial charge in [0.2, 0.25) is 17.7 Å². The Bertz CT molecular complexity index is 784. The number of imidazole rings is 1. The van der Waals surface area contributed by atoms with Crippen LogP contribution in [0.3, 0.4) is 0 Å². The number of H-pyrrole nitrogens is 1. The van der Waals surface area contributed by atoms with E-state index in [0.29, 0.717) is 25.1 Å². The van der Waals surface area contributed by atoms with Gasteiger partial charge >= 0.3 is 5.97 Å². The van der Waals surface area contributed by atoms with Crippen LogP contribution in [0.15, 0.2) is 12.5 Å². The van der Waals surface area contributed by atoms with Gasteiger partial charge in [-0.3, -0.25) is 14.4 Å². The minimum absolute atomic E-state index is 0.210. The van der Waals surface area contributed by atoms with Crippen LogP contribution < -0.4 is 16.4 Å². The Labute approximate surface area is 178 Å². The number of amides is 3. The molecule has 2 heterocycles. The number of carbonyl (C=O) groups excluding carboxylic acids is 3. The van der Waals surface area contributed by atoms with Gasteiger partial charge in [-0.25, -0.2) is 9.78 Å². The second-order valence-electron chi connectivity index (χ2n) is 7.39. The number of hydrogen-bond donors (Lipinski definition) is 7. The van der Waals surface area contributed by atoms with E-state index in [2.05, 4.69) is 20.6 Å². The van der Waals surface area contributed by atoms with Crippen molar-refractivity contribution in [1.82, 2.24) is 25.5 Å². The van der Waals surface area contributed by atoms with Crippen molar-refractivity contribution >= 4 is 23.7 Å². The summed E-state index contributed by atoms with van der Waals surface area (Å²) >= 11 is 0. The molecule has 0 radical (unpaired) electrons. The number of rotatable bonds is 10. The maximum Gasteiger partial charge on any atom is 0.328 e. The summed E-state index contributed by atoms with van der Waals surface area (Å²) in [4.78, 5) is 56.9. The summed E-state index contributed by atoms with van der Waals surface area (Å²) in [5.41, 5.74) is 6.65. The third kappa shape index (κ3) is 6.23. The highest BCUT2D eigenvalue weighted by atomic mass is 16.4. The van der Waals surface area contributed by atoms with Crippen molar-refractivity contribution in [2.24, 2.45) is 5.73 Å². The fourth-order valence-electron chi connectivity index (χ4n) is 3.34. The van der Waals surface area contributed by atoms with Gasteiger partial charge in [-0.05, 0) is 19.8 Å². The molecular weight excluding hydrogens is 412 g/mol. The van der Waals surface area contributed by atoms with Crippen LogP contribution in [0.1, 0.15) is 25.5 Å². The molecule has 13 nitrogen and oxygen atoms in total. The van der Waals surface area contributed by atoms with Crippen molar-refractivity contribution in [3.63, 3.8) is 0 Å². The molecule has 0 aliphatic carbocycles. The number of aromatic amines is 1. The number of carboxylic acid groups (broad SMARTS) is 1. The highest BCUT2D eigenvalue weighted by molar-refractivity contribution is 5.94. The van der Waals surface area contributed by atoms with E-state index in [1.165, 1.54) is 18.2 Å². The first-order valence-corrected chi connectivity index (χ1v) is 9.81. The molecule has 1 aromatic rings. The van der Waals surface area contributed by atoms with E-state index in [-0.39, 0.29) is 6.42 Å². The second kappa shape index (κ2) is 10.8. The Morgan fingerprint density at radius 2 is 2.06 bits per heavy atom. The normalized spacial score (nSPS) is 19.9. The van der Waals surface area contributed by atoms with E-state index in [0.717, 1.165) is 0 Å². The summed E-state index contributed by atoms with van der Waals surface area (Å²) in [5.74, 6) is -3.55. The highest BCUT2D eigenvalue weighted by Gasteiger charge is 2.38. The number of carboxylic acids is 1. The van der Waals surface area contributed by atoms with Crippen LogP contribution in [0, 0.1) is 0 Å². The second-order valence-corrected chi connectivity index (χ2v) is 7.39. The Morgan fingerprint density at radius 3 is 2.61 bits per heavy atom. The first-order chi connectivity index (χ1) is 14.6. The molecule has 3 amide bonds. The smallest absolute Gasteiger partial charge is 0.328 e. The predicted molar refractivity (Wildman–Crippen MR) is 105 cm³/mol. The van der Waals surface area contributed by atoms with Crippen molar-refractivity contribution in [3.05, 3.63) is 18.2 Å². The van der Waals surface area contributed by atoms with Crippen LogP contribution in [0.5, 0.6) is 0 Å². The van der Waals surface area contributed by atoms with Crippen LogP contribution in [-0.4, -0.2) is 97.3 Å². The zero-order valence-electron chi connectivity index (χ0n) is 17.0. The maximum atomic E-state index is 12.7. The standard InChI is InChI=1S/C18H28N6O7/c1-9(26)14(18(30)31)23-15(27)12(7-25)22-16(28)13-3-2-4-24(13)17(29)11(19)5-10-6-20-8-21-10/h6,8-9,11-14,25-26H,2-5,7,19H2,1H3,(H,20,21)(H,22,28)(H,23,27)(H,30,31). The van der Waals surface area contributed by atoms with Crippen molar-refractivity contribution < 1.29 is 34.5 Å². The van der Waals surface area contributed by atoms with Gasteiger partial charge in [0.05, 0.1) is 25.1 Å². The fraction of sp³-hybridized carbons (Fsp3) is 0.611. The number of aliphatic hydroxyl groups is 2. The molecule has 0 aromatic carbocycles. The monoisotopic (exact) mass is 440 g/mol. The van der Waals surface area contributed by atoms with Crippen LogP contribution in [-0.2, 0) is 25.6 Å². The van der Waals surface area contributed by atoms with Gasteiger partial charge < -0.3 is 41.6 Å².